The summed E-state index contributed by atoms with van der Waals surface area (Å²) in [5, 5.41) is 4.14. The number of aromatic amines is 1. The van der Waals surface area contributed by atoms with Crippen LogP contribution in [0.1, 0.15) is 49.3 Å². The van der Waals surface area contributed by atoms with Crippen molar-refractivity contribution in [3.63, 3.8) is 0 Å². The minimum atomic E-state index is -0.0364. The van der Waals surface area contributed by atoms with Crippen LogP contribution in [0.3, 0.4) is 0 Å². The van der Waals surface area contributed by atoms with E-state index in [0.29, 0.717) is 24.3 Å². The average molecular weight is 315 g/mol. The lowest BCUT2D eigenvalue weighted by Crippen LogP contribution is -2.42. The van der Waals surface area contributed by atoms with Crippen LogP contribution in [0.5, 0.6) is 0 Å². The van der Waals surface area contributed by atoms with E-state index in [0.717, 1.165) is 17.4 Å². The van der Waals surface area contributed by atoms with Gasteiger partial charge in [0, 0.05) is 36.1 Å². The summed E-state index contributed by atoms with van der Waals surface area (Å²) in [6.45, 7) is 14.4. The summed E-state index contributed by atoms with van der Waals surface area (Å²) in [5.41, 5.74) is 4.06. The monoisotopic (exact) mass is 315 g/mol. The fraction of sp³-hybridized carbons (Fsp3) is 0.526. The van der Waals surface area contributed by atoms with Crippen molar-refractivity contribution < 1.29 is 4.79 Å². The molecule has 4 nitrogen and oxygen atoms in total. The molecule has 1 aromatic carbocycles. The molecule has 1 aromatic heterocycles. The second-order valence-electron chi connectivity index (χ2n) is 6.91. The molecule has 2 aromatic rings. The number of aromatic nitrogens is 1. The van der Waals surface area contributed by atoms with Crippen LogP contribution in [0, 0.1) is 13.8 Å². The molecule has 1 amide bonds. The predicted molar refractivity (Wildman–Crippen MR) is 97.1 cm³/mol. The van der Waals surface area contributed by atoms with Crippen LogP contribution in [-0.4, -0.2) is 41.0 Å². The van der Waals surface area contributed by atoms with Crippen LogP contribution in [-0.2, 0) is 0 Å². The predicted octanol–water partition coefficient (Wildman–Crippen LogP) is 3.63. The lowest BCUT2D eigenvalue weighted by molar-refractivity contribution is 0.0935. The summed E-state index contributed by atoms with van der Waals surface area (Å²) in [6, 6.07) is 7.12. The molecule has 0 aliphatic rings. The number of nitrogens with one attached hydrogen (secondary N) is 2. The van der Waals surface area contributed by atoms with E-state index in [1.165, 1.54) is 11.1 Å². The highest BCUT2D eigenvalue weighted by Crippen LogP contribution is 2.21. The third kappa shape index (κ3) is 4.14. The van der Waals surface area contributed by atoms with Gasteiger partial charge in [0.1, 0.15) is 5.69 Å². The lowest BCUT2D eigenvalue weighted by Gasteiger charge is -2.30. The van der Waals surface area contributed by atoms with Gasteiger partial charge in [-0.2, -0.15) is 0 Å². The molecule has 2 N–H and O–H groups in total. The molecule has 0 radical (unpaired) electrons. The number of fused-ring (bicyclic) bond motifs is 1. The van der Waals surface area contributed by atoms with E-state index in [1.807, 2.05) is 6.07 Å². The summed E-state index contributed by atoms with van der Waals surface area (Å²) in [4.78, 5) is 18.0. The van der Waals surface area contributed by atoms with E-state index in [1.54, 1.807) is 0 Å². The summed E-state index contributed by atoms with van der Waals surface area (Å²) in [6.07, 6.45) is 0. The topological polar surface area (TPSA) is 48.1 Å². The Hall–Kier alpha value is -1.81. The van der Waals surface area contributed by atoms with E-state index in [9.17, 15) is 4.79 Å². The van der Waals surface area contributed by atoms with Crippen molar-refractivity contribution in [1.82, 2.24) is 15.2 Å². The highest BCUT2D eigenvalue weighted by Gasteiger charge is 2.14. The Morgan fingerprint density at radius 1 is 1.13 bits per heavy atom. The van der Waals surface area contributed by atoms with Gasteiger partial charge >= 0.3 is 0 Å². The van der Waals surface area contributed by atoms with Gasteiger partial charge in [-0.15, -0.1) is 0 Å². The molecule has 23 heavy (non-hydrogen) atoms. The number of carbonyl (C=O) groups is 1. The second-order valence-corrected chi connectivity index (χ2v) is 6.91. The highest BCUT2D eigenvalue weighted by atomic mass is 16.1. The van der Waals surface area contributed by atoms with Gasteiger partial charge in [0.25, 0.3) is 5.91 Å². The van der Waals surface area contributed by atoms with Crippen LogP contribution in [0.25, 0.3) is 10.9 Å². The van der Waals surface area contributed by atoms with Gasteiger partial charge in [0.05, 0.1) is 0 Å². The van der Waals surface area contributed by atoms with E-state index >= 15 is 0 Å². The standard InChI is InChI=1S/C19H29N3O/c1-12(2)22(13(3)4)8-7-20-19(23)18-11-16-15(6)9-14(5)10-17(16)21-18/h9-13,21H,7-8H2,1-6H3,(H,20,23). The number of rotatable bonds is 6. The zero-order valence-electron chi connectivity index (χ0n) is 15.2. The molecule has 0 unspecified atom stereocenters. The first kappa shape index (κ1) is 17.5. The zero-order valence-corrected chi connectivity index (χ0v) is 15.2. The van der Waals surface area contributed by atoms with Gasteiger partial charge in [-0.25, -0.2) is 0 Å². The van der Waals surface area contributed by atoms with Crippen LogP contribution in [0.2, 0.25) is 0 Å². The number of H-pyrrole nitrogens is 1. The van der Waals surface area contributed by atoms with Gasteiger partial charge < -0.3 is 10.3 Å². The van der Waals surface area contributed by atoms with Gasteiger partial charge in [-0.3, -0.25) is 9.69 Å². The van der Waals surface area contributed by atoms with E-state index < -0.39 is 0 Å². The number of benzene rings is 1. The van der Waals surface area contributed by atoms with E-state index in [-0.39, 0.29) is 5.91 Å². The summed E-state index contributed by atoms with van der Waals surface area (Å²) in [5.74, 6) is -0.0364. The van der Waals surface area contributed by atoms with Gasteiger partial charge in [-0.1, -0.05) is 6.07 Å². The molecule has 0 aliphatic heterocycles. The molecule has 0 saturated heterocycles. The summed E-state index contributed by atoms with van der Waals surface area (Å²) in [7, 11) is 0. The maximum Gasteiger partial charge on any atom is 0.267 e. The van der Waals surface area contributed by atoms with Crippen molar-refractivity contribution in [2.24, 2.45) is 0 Å². The number of carbonyl (C=O) groups excluding carboxylic acids is 1. The molecule has 1 heterocycles. The lowest BCUT2D eigenvalue weighted by atomic mass is 10.1. The number of hydrogen-bond donors (Lipinski definition) is 2. The third-order valence-electron chi connectivity index (χ3n) is 4.32. The molecule has 4 heteroatoms. The fourth-order valence-electron chi connectivity index (χ4n) is 3.23. The van der Waals surface area contributed by atoms with Gasteiger partial charge in [-0.05, 0) is 64.8 Å². The normalized spacial score (nSPS) is 11.9. The Morgan fingerprint density at radius 2 is 1.78 bits per heavy atom. The second kappa shape index (κ2) is 7.18. The molecule has 0 fully saturated rings. The molecule has 0 bridgehead atoms. The smallest absolute Gasteiger partial charge is 0.267 e. The molecule has 0 aliphatic carbocycles. The molecule has 0 spiro atoms. The SMILES string of the molecule is Cc1cc(C)c2cc(C(=O)NCCN(C(C)C)C(C)C)[nH]c2c1. The minimum absolute atomic E-state index is 0.0364. The molecule has 0 saturated carbocycles. The number of hydrogen-bond acceptors (Lipinski definition) is 2. The van der Waals surface area contributed by atoms with Crippen molar-refractivity contribution >= 4 is 16.8 Å². The molecule has 126 valence electrons. The van der Waals surface area contributed by atoms with Crippen molar-refractivity contribution in [3.8, 4) is 0 Å². The molecule has 0 atom stereocenters. The fourth-order valence-corrected chi connectivity index (χ4v) is 3.23. The first-order valence-corrected chi connectivity index (χ1v) is 8.43. The first-order chi connectivity index (χ1) is 10.8. The maximum atomic E-state index is 12.4. The maximum absolute atomic E-state index is 12.4. The first-order valence-electron chi connectivity index (χ1n) is 8.43. The largest absolute Gasteiger partial charge is 0.351 e. The van der Waals surface area contributed by atoms with Crippen molar-refractivity contribution in [3.05, 3.63) is 35.0 Å². The van der Waals surface area contributed by atoms with E-state index in [2.05, 4.69) is 68.9 Å². The van der Waals surface area contributed by atoms with Crippen LogP contribution in [0.15, 0.2) is 18.2 Å². The van der Waals surface area contributed by atoms with Crippen molar-refractivity contribution in [1.29, 1.82) is 0 Å². The van der Waals surface area contributed by atoms with Gasteiger partial charge in [0.2, 0.25) is 0 Å². The third-order valence-corrected chi connectivity index (χ3v) is 4.32. The van der Waals surface area contributed by atoms with Crippen molar-refractivity contribution in [2.75, 3.05) is 13.1 Å². The average Bonchev–Trinajstić information content (AvgIpc) is 2.86. The Morgan fingerprint density at radius 3 is 2.39 bits per heavy atom. The van der Waals surface area contributed by atoms with Crippen LogP contribution >= 0.6 is 0 Å². The van der Waals surface area contributed by atoms with E-state index in [4.69, 9.17) is 0 Å². The summed E-state index contributed by atoms with van der Waals surface area (Å²) >= 11 is 0. The van der Waals surface area contributed by atoms with Gasteiger partial charge in [0.15, 0.2) is 0 Å². The summed E-state index contributed by atoms with van der Waals surface area (Å²) < 4.78 is 0. The quantitative estimate of drug-likeness (QED) is 0.855. The molecular weight excluding hydrogens is 286 g/mol. The minimum Gasteiger partial charge on any atom is -0.351 e. The zero-order chi connectivity index (χ0) is 17.1. The Labute approximate surface area is 139 Å². The number of amides is 1. The van der Waals surface area contributed by atoms with Crippen LogP contribution in [0.4, 0.5) is 0 Å². The number of nitrogens with zero attached hydrogens (tertiary/aromatic N) is 1. The Balaban J connectivity index is 2.03. The van der Waals surface area contributed by atoms with Crippen molar-refractivity contribution in [2.45, 2.75) is 53.6 Å². The Kier molecular flexibility index (Phi) is 5.47. The highest BCUT2D eigenvalue weighted by molar-refractivity contribution is 5.98. The Bertz CT molecular complexity index is 677. The number of aryl methyl sites for hydroxylation is 2. The molecular formula is C19H29N3O. The molecule has 2 rings (SSSR count). The van der Waals surface area contributed by atoms with Crippen LogP contribution < -0.4 is 5.32 Å².